The summed E-state index contributed by atoms with van der Waals surface area (Å²) in [7, 11) is -3.70. The van der Waals surface area contributed by atoms with E-state index in [0.717, 1.165) is 47.8 Å². The zero-order valence-electron chi connectivity index (χ0n) is 20.0. The van der Waals surface area contributed by atoms with Gasteiger partial charge in [0.05, 0.1) is 10.6 Å². The maximum Gasteiger partial charge on any atom is 0.261 e. The molecule has 0 radical (unpaired) electrons. The second-order valence-electron chi connectivity index (χ2n) is 8.80. The van der Waals surface area contributed by atoms with Crippen molar-refractivity contribution in [1.29, 1.82) is 0 Å². The molecule has 1 aliphatic rings. The Balaban J connectivity index is 1.35. The number of amides is 1. The van der Waals surface area contributed by atoms with Crippen LogP contribution in [0.5, 0.6) is 0 Å². The van der Waals surface area contributed by atoms with E-state index in [4.69, 9.17) is 4.52 Å². The topological polar surface area (TPSA) is 95.8 Å². The third-order valence-corrected chi connectivity index (χ3v) is 7.77. The van der Waals surface area contributed by atoms with E-state index in [0.29, 0.717) is 24.3 Å². The monoisotopic (exact) mass is 482 g/mol. The molecule has 0 bridgehead atoms. The first-order chi connectivity index (χ1) is 16.1. The van der Waals surface area contributed by atoms with E-state index in [1.165, 1.54) is 0 Å². The lowest BCUT2D eigenvalue weighted by atomic mass is 10.1. The summed E-state index contributed by atoms with van der Waals surface area (Å²) in [5, 5.41) is 4.01. The Morgan fingerprint density at radius 2 is 1.65 bits per heavy atom. The summed E-state index contributed by atoms with van der Waals surface area (Å²) in [5.74, 6) is 0.782. The third-order valence-electron chi connectivity index (χ3n) is 6.40. The van der Waals surface area contributed by atoms with Gasteiger partial charge in [0.2, 0.25) is 0 Å². The largest absolute Gasteiger partial charge is 0.361 e. The number of benzene rings is 2. The van der Waals surface area contributed by atoms with Crippen LogP contribution in [0, 0.1) is 27.7 Å². The Hall–Kier alpha value is -3.17. The molecular weight excluding hydrogens is 452 g/mol. The lowest BCUT2D eigenvalue weighted by Crippen LogP contribution is -2.48. The summed E-state index contributed by atoms with van der Waals surface area (Å²) in [6, 6.07) is 11.6. The molecule has 1 saturated heterocycles. The van der Waals surface area contributed by atoms with Crippen LogP contribution in [-0.2, 0) is 16.6 Å². The van der Waals surface area contributed by atoms with E-state index in [-0.39, 0.29) is 10.8 Å². The minimum atomic E-state index is -3.70. The van der Waals surface area contributed by atoms with Gasteiger partial charge in [0, 0.05) is 49.5 Å². The van der Waals surface area contributed by atoms with Gasteiger partial charge in [-0.3, -0.25) is 14.4 Å². The van der Waals surface area contributed by atoms with Crippen LogP contribution in [-0.4, -0.2) is 55.5 Å². The third kappa shape index (κ3) is 5.15. The smallest absolute Gasteiger partial charge is 0.261 e. The molecule has 1 aromatic heterocycles. The van der Waals surface area contributed by atoms with Gasteiger partial charge in [-0.15, -0.1) is 0 Å². The van der Waals surface area contributed by atoms with Crippen molar-refractivity contribution in [3.05, 3.63) is 76.2 Å². The maximum absolute atomic E-state index is 13.0. The maximum atomic E-state index is 13.0. The van der Waals surface area contributed by atoms with Crippen LogP contribution in [0.1, 0.15) is 38.5 Å². The highest BCUT2D eigenvalue weighted by molar-refractivity contribution is 7.92. The van der Waals surface area contributed by atoms with E-state index in [1.807, 2.05) is 32.6 Å². The fourth-order valence-corrected chi connectivity index (χ4v) is 5.16. The van der Waals surface area contributed by atoms with Crippen LogP contribution in [0.2, 0.25) is 0 Å². The normalized spacial score (nSPS) is 14.9. The van der Waals surface area contributed by atoms with Gasteiger partial charge in [-0.1, -0.05) is 11.2 Å². The first kappa shape index (κ1) is 24.0. The summed E-state index contributed by atoms with van der Waals surface area (Å²) in [4.78, 5) is 17.3. The first-order valence-electron chi connectivity index (χ1n) is 11.3. The zero-order valence-corrected chi connectivity index (χ0v) is 20.8. The van der Waals surface area contributed by atoms with Gasteiger partial charge in [0.25, 0.3) is 15.9 Å². The molecule has 34 heavy (non-hydrogen) atoms. The molecule has 0 unspecified atom stereocenters. The van der Waals surface area contributed by atoms with Gasteiger partial charge in [0.15, 0.2) is 0 Å². The van der Waals surface area contributed by atoms with Crippen LogP contribution in [0.25, 0.3) is 0 Å². The summed E-state index contributed by atoms with van der Waals surface area (Å²) in [6.45, 7) is 11.2. The molecule has 9 heteroatoms. The Bertz CT molecular complexity index is 1270. The van der Waals surface area contributed by atoms with Crippen molar-refractivity contribution in [2.75, 3.05) is 30.9 Å². The van der Waals surface area contributed by atoms with Gasteiger partial charge >= 0.3 is 0 Å². The molecule has 1 amide bonds. The summed E-state index contributed by atoms with van der Waals surface area (Å²) in [5.41, 5.74) is 4.91. The number of rotatable bonds is 6. The van der Waals surface area contributed by atoms with Gasteiger partial charge in [-0.25, -0.2) is 8.42 Å². The average molecular weight is 483 g/mol. The molecule has 1 fully saturated rings. The fraction of sp³-hybridized carbons (Fsp3) is 0.360. The van der Waals surface area contributed by atoms with Crippen LogP contribution < -0.4 is 4.72 Å². The van der Waals surface area contributed by atoms with Crippen molar-refractivity contribution in [2.24, 2.45) is 0 Å². The highest BCUT2D eigenvalue weighted by atomic mass is 32.2. The molecule has 0 atom stereocenters. The molecule has 0 spiro atoms. The van der Waals surface area contributed by atoms with Gasteiger partial charge in [-0.05, 0) is 75.2 Å². The van der Waals surface area contributed by atoms with Crippen LogP contribution in [0.15, 0.2) is 51.9 Å². The summed E-state index contributed by atoms with van der Waals surface area (Å²) in [6.07, 6.45) is 0. The van der Waals surface area contributed by atoms with Crippen LogP contribution in [0.3, 0.4) is 0 Å². The molecule has 0 aliphatic carbocycles. The highest BCUT2D eigenvalue weighted by Crippen LogP contribution is 2.21. The molecular formula is C25H30N4O4S. The summed E-state index contributed by atoms with van der Waals surface area (Å²) >= 11 is 0. The molecule has 8 nitrogen and oxygen atoms in total. The van der Waals surface area contributed by atoms with Crippen LogP contribution >= 0.6 is 0 Å². The number of nitrogens with one attached hydrogen (secondary N) is 1. The Kier molecular flexibility index (Phi) is 6.77. The van der Waals surface area contributed by atoms with E-state index < -0.39 is 10.0 Å². The highest BCUT2D eigenvalue weighted by Gasteiger charge is 2.24. The molecule has 4 rings (SSSR count). The van der Waals surface area contributed by atoms with Gasteiger partial charge in [0.1, 0.15) is 5.76 Å². The van der Waals surface area contributed by atoms with E-state index in [2.05, 4.69) is 14.8 Å². The molecule has 2 heterocycles. The lowest BCUT2D eigenvalue weighted by molar-refractivity contribution is 0.0627. The van der Waals surface area contributed by atoms with Crippen molar-refractivity contribution in [2.45, 2.75) is 39.1 Å². The predicted molar refractivity (Wildman–Crippen MR) is 130 cm³/mol. The predicted octanol–water partition coefficient (Wildman–Crippen LogP) is 3.67. The minimum absolute atomic E-state index is 0.0550. The number of hydrogen-bond donors (Lipinski definition) is 1. The van der Waals surface area contributed by atoms with Crippen molar-refractivity contribution >= 4 is 21.6 Å². The average Bonchev–Trinajstić information content (AvgIpc) is 3.13. The number of hydrogen-bond acceptors (Lipinski definition) is 6. The number of piperazine rings is 1. The van der Waals surface area contributed by atoms with Crippen molar-refractivity contribution < 1.29 is 17.7 Å². The van der Waals surface area contributed by atoms with Crippen molar-refractivity contribution in [1.82, 2.24) is 15.0 Å². The Morgan fingerprint density at radius 3 is 2.24 bits per heavy atom. The standard InChI is InChI=1S/C25H30N4O4S/c1-17-5-10-23(15-18(17)2)34(31,32)27-22-8-6-21(7-9-22)25(30)29-13-11-28(12-14-29)16-24-19(3)26-33-20(24)4/h5-10,15,27H,11-14,16H2,1-4H3. The van der Waals surface area contributed by atoms with Crippen molar-refractivity contribution in [3.8, 4) is 0 Å². The number of nitrogens with zero attached hydrogens (tertiary/aromatic N) is 3. The number of sulfonamides is 1. The number of aromatic nitrogens is 1. The van der Waals surface area contributed by atoms with Gasteiger partial charge in [-0.2, -0.15) is 0 Å². The molecule has 180 valence electrons. The van der Waals surface area contributed by atoms with E-state index in [9.17, 15) is 13.2 Å². The van der Waals surface area contributed by atoms with E-state index >= 15 is 0 Å². The number of aryl methyl sites for hydroxylation is 4. The Labute approximate surface area is 200 Å². The molecule has 1 N–H and O–H groups in total. The summed E-state index contributed by atoms with van der Waals surface area (Å²) < 4.78 is 33.3. The Morgan fingerprint density at radius 1 is 0.971 bits per heavy atom. The zero-order chi connectivity index (χ0) is 24.5. The fourth-order valence-electron chi connectivity index (χ4n) is 4.02. The molecule has 3 aromatic rings. The number of anilines is 1. The van der Waals surface area contributed by atoms with Gasteiger partial charge < -0.3 is 9.42 Å². The quantitative estimate of drug-likeness (QED) is 0.576. The van der Waals surface area contributed by atoms with E-state index in [1.54, 1.807) is 42.5 Å². The second kappa shape index (κ2) is 9.60. The van der Waals surface area contributed by atoms with Crippen molar-refractivity contribution in [3.63, 3.8) is 0 Å². The lowest BCUT2D eigenvalue weighted by Gasteiger charge is -2.34. The number of carbonyl (C=O) groups excluding carboxylic acids is 1. The first-order valence-corrected chi connectivity index (χ1v) is 12.8. The molecule has 2 aromatic carbocycles. The van der Waals surface area contributed by atoms with Crippen LogP contribution in [0.4, 0.5) is 5.69 Å². The molecule has 0 saturated carbocycles. The second-order valence-corrected chi connectivity index (χ2v) is 10.5. The minimum Gasteiger partial charge on any atom is -0.361 e. The SMILES string of the molecule is Cc1ccc(S(=O)(=O)Nc2ccc(C(=O)N3CCN(Cc4c(C)noc4C)CC3)cc2)cc1C. The molecule has 1 aliphatic heterocycles. The number of carbonyl (C=O) groups is 1.